The van der Waals surface area contributed by atoms with Gasteiger partial charge in [-0.2, -0.15) is 8.42 Å². The van der Waals surface area contributed by atoms with Gasteiger partial charge in [0.15, 0.2) is 0 Å². The first-order valence-corrected chi connectivity index (χ1v) is 8.37. The maximum absolute atomic E-state index is 10.9. The van der Waals surface area contributed by atoms with Gasteiger partial charge in [-0.15, -0.1) is 0 Å². The monoisotopic (exact) mass is 327 g/mol. The summed E-state index contributed by atoms with van der Waals surface area (Å²) in [5.41, 5.74) is 12.0. The van der Waals surface area contributed by atoms with Gasteiger partial charge in [0.2, 0.25) is 0 Å². The molecule has 0 aromatic carbocycles. The molecule has 0 bridgehead atoms. The summed E-state index contributed by atoms with van der Waals surface area (Å²) in [6.07, 6.45) is 7.64. The van der Waals surface area contributed by atoms with E-state index < -0.39 is 10.3 Å². The van der Waals surface area contributed by atoms with Crippen LogP contribution in [0.5, 0.6) is 0 Å². The summed E-state index contributed by atoms with van der Waals surface area (Å²) in [6, 6.07) is 0.181. The molecule has 1 fully saturated rings. The molecule has 1 saturated carbocycles. The molecule has 0 unspecified atom stereocenters. The zero-order valence-corrected chi connectivity index (χ0v) is 13.0. The lowest BCUT2D eigenvalue weighted by atomic mass is 10.1. The Bertz CT molecular complexity index is 634. The normalized spacial score (nSPS) is 26.9. The Kier molecular flexibility index (Phi) is 4.89. The predicted molar refractivity (Wildman–Crippen MR) is 84.2 cm³/mol. The highest BCUT2D eigenvalue weighted by atomic mass is 32.2. The second-order valence-corrected chi connectivity index (χ2v) is 6.56. The smallest absolute Gasteiger partial charge is 0.333 e. The first-order chi connectivity index (χ1) is 10.3. The molecule has 0 amide bonds. The third-order valence-corrected chi connectivity index (χ3v) is 4.25. The topological polar surface area (TPSA) is 137 Å². The van der Waals surface area contributed by atoms with Crippen molar-refractivity contribution in [3.63, 3.8) is 0 Å². The fraction of sp³-hybridized carbons (Fsp3) is 0.462. The number of amidine groups is 1. The first-order valence-electron chi connectivity index (χ1n) is 6.90. The molecule has 1 heterocycles. The standard InChI is InChI=1S/C13H21N5O3S/c1-2-17-13-11(12(14)15)5-6-18(13)10-4-3-9(7-10)8-21-22(16,19)20/h2,5-6,9-10H,1,3-4,7-8,14-15H2,(H2,16,19,20)/b17-13+/t9-,10+/m0/s1. The Morgan fingerprint density at radius 2 is 2.23 bits per heavy atom. The maximum atomic E-state index is 10.9. The van der Waals surface area contributed by atoms with Crippen LogP contribution in [0.15, 0.2) is 41.4 Å². The number of aliphatic imine (C=N–C) groups is 1. The van der Waals surface area contributed by atoms with Crippen LogP contribution < -0.4 is 16.6 Å². The van der Waals surface area contributed by atoms with Crippen molar-refractivity contribution in [3.8, 4) is 0 Å². The number of rotatable bonds is 5. The van der Waals surface area contributed by atoms with Crippen LogP contribution >= 0.6 is 0 Å². The van der Waals surface area contributed by atoms with Crippen LogP contribution in [0.25, 0.3) is 0 Å². The third kappa shape index (κ3) is 3.87. The Morgan fingerprint density at radius 3 is 2.82 bits per heavy atom. The van der Waals surface area contributed by atoms with E-state index in [1.54, 1.807) is 0 Å². The molecule has 22 heavy (non-hydrogen) atoms. The molecule has 2 atom stereocenters. The summed E-state index contributed by atoms with van der Waals surface area (Å²) in [4.78, 5) is 6.24. The molecule has 0 radical (unpaired) electrons. The van der Waals surface area contributed by atoms with Gasteiger partial charge >= 0.3 is 10.3 Å². The van der Waals surface area contributed by atoms with Gasteiger partial charge in [0.05, 0.1) is 12.2 Å². The lowest BCUT2D eigenvalue weighted by Gasteiger charge is -2.25. The summed E-state index contributed by atoms with van der Waals surface area (Å²) < 4.78 is 26.4. The van der Waals surface area contributed by atoms with Gasteiger partial charge in [0, 0.05) is 18.4 Å². The first kappa shape index (κ1) is 16.5. The highest BCUT2D eigenvalue weighted by Gasteiger charge is 2.33. The average molecular weight is 327 g/mol. The lowest BCUT2D eigenvalue weighted by molar-refractivity contribution is 0.251. The molecule has 8 nitrogen and oxygen atoms in total. The van der Waals surface area contributed by atoms with Crippen molar-refractivity contribution >= 4 is 16.1 Å². The van der Waals surface area contributed by atoms with Crippen LogP contribution in [-0.2, 0) is 14.5 Å². The van der Waals surface area contributed by atoms with E-state index in [4.69, 9.17) is 16.6 Å². The number of nitrogens with two attached hydrogens (primary N) is 3. The number of hydrogen-bond acceptors (Lipinski definition) is 6. The van der Waals surface area contributed by atoms with E-state index in [9.17, 15) is 8.42 Å². The average Bonchev–Trinajstić information content (AvgIpc) is 3.02. The number of hydrogen-bond donors (Lipinski definition) is 3. The van der Waals surface area contributed by atoms with Crippen LogP contribution in [0.1, 0.15) is 19.3 Å². The van der Waals surface area contributed by atoms with E-state index in [1.807, 2.05) is 17.2 Å². The van der Waals surface area contributed by atoms with Crippen molar-refractivity contribution in [2.45, 2.75) is 25.3 Å². The molecular formula is C13H21N5O3S. The Labute approximate surface area is 130 Å². The maximum Gasteiger partial charge on any atom is 0.333 e. The van der Waals surface area contributed by atoms with Crippen LogP contribution in [0, 0.1) is 5.92 Å². The van der Waals surface area contributed by atoms with E-state index in [1.165, 1.54) is 6.20 Å². The minimum absolute atomic E-state index is 0.0997. The summed E-state index contributed by atoms with van der Waals surface area (Å²) in [5, 5.41) is 4.85. The molecule has 1 aliphatic heterocycles. The van der Waals surface area contributed by atoms with E-state index in [-0.39, 0.29) is 24.4 Å². The largest absolute Gasteiger partial charge is 0.385 e. The van der Waals surface area contributed by atoms with E-state index in [0.29, 0.717) is 11.4 Å². The van der Waals surface area contributed by atoms with Crippen molar-refractivity contribution in [2.24, 2.45) is 27.5 Å². The van der Waals surface area contributed by atoms with E-state index in [2.05, 4.69) is 15.8 Å². The van der Waals surface area contributed by atoms with Gasteiger partial charge in [-0.1, -0.05) is 6.58 Å². The van der Waals surface area contributed by atoms with Crippen LogP contribution in [-0.4, -0.2) is 31.8 Å². The fourth-order valence-electron chi connectivity index (χ4n) is 2.83. The molecule has 2 aliphatic rings. The van der Waals surface area contributed by atoms with Gasteiger partial charge in [-0.25, -0.2) is 10.1 Å². The van der Waals surface area contributed by atoms with Gasteiger partial charge in [-0.3, -0.25) is 4.18 Å². The summed E-state index contributed by atoms with van der Waals surface area (Å²) in [5.74, 6) is 0.990. The SMILES string of the molecule is C=C/N=C1\C(=C(N)N)C=CN1[C@@H]1CC[C@H](COS(N)(=O)=O)C1. The van der Waals surface area contributed by atoms with E-state index >= 15 is 0 Å². The molecule has 0 saturated heterocycles. The second kappa shape index (κ2) is 6.51. The van der Waals surface area contributed by atoms with Crippen LogP contribution in [0.4, 0.5) is 0 Å². The highest BCUT2D eigenvalue weighted by Crippen LogP contribution is 2.33. The minimum Gasteiger partial charge on any atom is -0.385 e. The predicted octanol–water partition coefficient (Wildman–Crippen LogP) is -0.124. The zero-order chi connectivity index (χ0) is 16.3. The molecule has 9 heteroatoms. The van der Waals surface area contributed by atoms with E-state index in [0.717, 1.165) is 19.3 Å². The van der Waals surface area contributed by atoms with Crippen molar-refractivity contribution in [1.82, 2.24) is 4.90 Å². The minimum atomic E-state index is -3.89. The second-order valence-electron chi connectivity index (χ2n) is 5.34. The summed E-state index contributed by atoms with van der Waals surface area (Å²) >= 11 is 0. The molecular weight excluding hydrogens is 306 g/mol. The molecule has 0 spiro atoms. The number of nitrogens with zero attached hydrogens (tertiary/aromatic N) is 2. The molecule has 1 aliphatic carbocycles. The molecule has 6 N–H and O–H groups in total. The Morgan fingerprint density at radius 1 is 1.50 bits per heavy atom. The van der Waals surface area contributed by atoms with Gasteiger partial charge < -0.3 is 16.4 Å². The highest BCUT2D eigenvalue weighted by molar-refractivity contribution is 7.84. The van der Waals surface area contributed by atoms with Gasteiger partial charge in [0.1, 0.15) is 11.7 Å². The quantitative estimate of drug-likeness (QED) is 0.643. The van der Waals surface area contributed by atoms with Crippen molar-refractivity contribution in [3.05, 3.63) is 36.4 Å². The van der Waals surface area contributed by atoms with Crippen LogP contribution in [0.2, 0.25) is 0 Å². The summed E-state index contributed by atoms with van der Waals surface area (Å²) in [6.45, 7) is 3.70. The van der Waals surface area contributed by atoms with Crippen molar-refractivity contribution in [1.29, 1.82) is 0 Å². The third-order valence-electron chi connectivity index (χ3n) is 3.79. The van der Waals surface area contributed by atoms with Crippen molar-refractivity contribution in [2.75, 3.05) is 6.61 Å². The van der Waals surface area contributed by atoms with Crippen molar-refractivity contribution < 1.29 is 12.6 Å². The van der Waals surface area contributed by atoms with Gasteiger partial charge in [-0.05, 0) is 31.3 Å². The molecule has 0 aromatic heterocycles. The molecule has 0 aromatic rings. The van der Waals surface area contributed by atoms with Gasteiger partial charge in [0.25, 0.3) is 0 Å². The molecule has 122 valence electrons. The fourth-order valence-corrected chi connectivity index (χ4v) is 3.21. The lowest BCUT2D eigenvalue weighted by Crippen LogP contribution is -2.33. The zero-order valence-electron chi connectivity index (χ0n) is 12.2. The molecule has 2 rings (SSSR count). The summed E-state index contributed by atoms with van der Waals surface area (Å²) in [7, 11) is -3.89. The van der Waals surface area contributed by atoms with Crippen LogP contribution in [0.3, 0.4) is 0 Å². The Balaban J connectivity index is 2.04. The Hall–Kier alpha value is -1.84.